The second-order valence-electron chi connectivity index (χ2n) is 7.61. The van der Waals surface area contributed by atoms with Gasteiger partial charge in [0.25, 0.3) is 0 Å². The third-order valence-corrected chi connectivity index (χ3v) is 5.68. The lowest BCUT2D eigenvalue weighted by atomic mass is 9.83. The first kappa shape index (κ1) is 14.8. The van der Waals surface area contributed by atoms with E-state index in [1.165, 1.54) is 45.3 Å². The van der Waals surface area contributed by atoms with Crippen LogP contribution in [-0.4, -0.2) is 74.9 Å². The van der Waals surface area contributed by atoms with Gasteiger partial charge in [-0.15, -0.1) is 0 Å². The first-order valence-corrected chi connectivity index (χ1v) is 8.30. The van der Waals surface area contributed by atoms with Crippen molar-refractivity contribution in [2.75, 3.05) is 46.9 Å². The van der Waals surface area contributed by atoms with E-state index >= 15 is 0 Å². The van der Waals surface area contributed by atoms with Gasteiger partial charge >= 0.3 is 0 Å². The number of rotatable bonds is 3. The molecule has 20 heavy (non-hydrogen) atoms. The SMILES string of the molecule is CN(C)C1CCC2C(C1)OCCN2CC1(C)CCNC1. The van der Waals surface area contributed by atoms with Crippen LogP contribution >= 0.6 is 0 Å². The molecule has 3 aliphatic rings. The first-order valence-electron chi connectivity index (χ1n) is 8.30. The highest BCUT2D eigenvalue weighted by atomic mass is 16.5. The zero-order chi connectivity index (χ0) is 14.2. The highest BCUT2D eigenvalue weighted by Crippen LogP contribution is 2.34. The minimum atomic E-state index is 0.461. The van der Waals surface area contributed by atoms with Gasteiger partial charge in [0, 0.05) is 31.7 Å². The molecule has 1 N–H and O–H groups in total. The molecular formula is C16H31N3O. The lowest BCUT2D eigenvalue weighted by molar-refractivity contribution is -0.108. The second kappa shape index (κ2) is 5.91. The lowest BCUT2D eigenvalue weighted by Crippen LogP contribution is -2.58. The molecule has 116 valence electrons. The van der Waals surface area contributed by atoms with Gasteiger partial charge in [0.05, 0.1) is 12.7 Å². The Kier molecular flexibility index (Phi) is 4.37. The van der Waals surface area contributed by atoms with Crippen LogP contribution in [0.3, 0.4) is 0 Å². The number of nitrogens with one attached hydrogen (secondary N) is 1. The van der Waals surface area contributed by atoms with Crippen LogP contribution in [0.15, 0.2) is 0 Å². The van der Waals surface area contributed by atoms with Crippen molar-refractivity contribution in [2.45, 2.75) is 50.8 Å². The maximum atomic E-state index is 6.11. The molecule has 2 heterocycles. The van der Waals surface area contributed by atoms with Crippen molar-refractivity contribution in [3.05, 3.63) is 0 Å². The van der Waals surface area contributed by atoms with Crippen LogP contribution in [0.5, 0.6) is 0 Å². The number of hydrogen-bond acceptors (Lipinski definition) is 4. The van der Waals surface area contributed by atoms with Crippen LogP contribution in [0.4, 0.5) is 0 Å². The predicted octanol–water partition coefficient (Wildman–Crippen LogP) is 1.17. The molecule has 0 spiro atoms. The Hall–Kier alpha value is -0.160. The van der Waals surface area contributed by atoms with Crippen LogP contribution < -0.4 is 5.32 Å². The van der Waals surface area contributed by atoms with E-state index in [0.29, 0.717) is 23.6 Å². The third-order valence-electron chi connectivity index (χ3n) is 5.68. The number of nitrogens with zero attached hydrogens (tertiary/aromatic N) is 2. The fraction of sp³-hybridized carbons (Fsp3) is 1.00. The molecule has 4 heteroatoms. The van der Waals surface area contributed by atoms with Gasteiger partial charge in [0.2, 0.25) is 0 Å². The molecule has 3 fully saturated rings. The molecule has 0 bridgehead atoms. The average Bonchev–Trinajstić information content (AvgIpc) is 2.85. The van der Waals surface area contributed by atoms with Crippen molar-refractivity contribution in [3.8, 4) is 0 Å². The second-order valence-corrected chi connectivity index (χ2v) is 7.61. The molecule has 2 saturated heterocycles. The highest BCUT2D eigenvalue weighted by Gasteiger charge is 2.41. The summed E-state index contributed by atoms with van der Waals surface area (Å²) in [5.74, 6) is 0. The van der Waals surface area contributed by atoms with E-state index < -0.39 is 0 Å². The van der Waals surface area contributed by atoms with Crippen LogP contribution in [0.2, 0.25) is 0 Å². The largest absolute Gasteiger partial charge is 0.375 e. The van der Waals surface area contributed by atoms with Gasteiger partial charge in [-0.2, -0.15) is 0 Å². The summed E-state index contributed by atoms with van der Waals surface area (Å²) in [6, 6.07) is 1.37. The van der Waals surface area contributed by atoms with Crippen molar-refractivity contribution in [1.29, 1.82) is 0 Å². The Morgan fingerprint density at radius 2 is 2.20 bits per heavy atom. The van der Waals surface area contributed by atoms with Gasteiger partial charge in [-0.25, -0.2) is 0 Å². The quantitative estimate of drug-likeness (QED) is 0.840. The standard InChI is InChI=1S/C16H31N3O/c1-16(6-7-17-11-16)12-19-8-9-20-15-10-13(18(2)3)4-5-14(15)19/h13-15,17H,4-12H2,1-3H3. The molecule has 3 rings (SSSR count). The van der Waals surface area contributed by atoms with E-state index in [1.54, 1.807) is 0 Å². The normalized spacial score (nSPS) is 42.9. The highest BCUT2D eigenvalue weighted by molar-refractivity contribution is 4.96. The molecule has 1 aliphatic carbocycles. The lowest BCUT2D eigenvalue weighted by Gasteiger charge is -2.48. The molecule has 4 nitrogen and oxygen atoms in total. The van der Waals surface area contributed by atoms with Gasteiger partial charge in [-0.1, -0.05) is 6.92 Å². The van der Waals surface area contributed by atoms with Crippen molar-refractivity contribution in [1.82, 2.24) is 15.1 Å². The van der Waals surface area contributed by atoms with Crippen molar-refractivity contribution in [3.63, 3.8) is 0 Å². The maximum absolute atomic E-state index is 6.11. The molecule has 0 aromatic rings. The Labute approximate surface area is 123 Å². The van der Waals surface area contributed by atoms with Gasteiger partial charge < -0.3 is 15.0 Å². The Bertz CT molecular complexity index is 328. The van der Waals surface area contributed by atoms with Crippen molar-refractivity contribution < 1.29 is 4.74 Å². The molecule has 4 unspecified atom stereocenters. The van der Waals surface area contributed by atoms with Gasteiger partial charge in [-0.05, 0) is 51.7 Å². The summed E-state index contributed by atoms with van der Waals surface area (Å²) < 4.78 is 6.11. The molecule has 1 saturated carbocycles. The minimum absolute atomic E-state index is 0.461. The molecule has 0 radical (unpaired) electrons. The number of fused-ring (bicyclic) bond motifs is 1. The van der Waals surface area contributed by atoms with E-state index in [4.69, 9.17) is 4.74 Å². The summed E-state index contributed by atoms with van der Waals surface area (Å²) in [5, 5.41) is 3.53. The smallest absolute Gasteiger partial charge is 0.0745 e. The van der Waals surface area contributed by atoms with Gasteiger partial charge in [0.1, 0.15) is 0 Å². The Morgan fingerprint density at radius 1 is 1.35 bits per heavy atom. The maximum Gasteiger partial charge on any atom is 0.0745 e. The number of morpholine rings is 1. The Morgan fingerprint density at radius 3 is 2.90 bits per heavy atom. The Balaban J connectivity index is 1.62. The average molecular weight is 281 g/mol. The molecular weight excluding hydrogens is 250 g/mol. The zero-order valence-corrected chi connectivity index (χ0v) is 13.4. The van der Waals surface area contributed by atoms with Crippen LogP contribution in [0.25, 0.3) is 0 Å². The molecule has 0 aromatic carbocycles. The van der Waals surface area contributed by atoms with E-state index in [9.17, 15) is 0 Å². The fourth-order valence-corrected chi connectivity index (χ4v) is 4.34. The predicted molar refractivity (Wildman–Crippen MR) is 82.0 cm³/mol. The van der Waals surface area contributed by atoms with Crippen LogP contribution in [-0.2, 0) is 4.74 Å². The molecule has 2 aliphatic heterocycles. The first-order chi connectivity index (χ1) is 9.57. The van der Waals surface area contributed by atoms with Crippen LogP contribution in [0, 0.1) is 5.41 Å². The van der Waals surface area contributed by atoms with Crippen LogP contribution in [0.1, 0.15) is 32.6 Å². The van der Waals surface area contributed by atoms with Crippen molar-refractivity contribution in [2.24, 2.45) is 5.41 Å². The third kappa shape index (κ3) is 3.03. The van der Waals surface area contributed by atoms with E-state index in [0.717, 1.165) is 13.2 Å². The number of ether oxygens (including phenoxy) is 1. The van der Waals surface area contributed by atoms with Crippen molar-refractivity contribution >= 4 is 0 Å². The monoisotopic (exact) mass is 281 g/mol. The summed E-state index contributed by atoms with van der Waals surface area (Å²) in [5.41, 5.74) is 0.473. The van der Waals surface area contributed by atoms with E-state index in [2.05, 4.69) is 36.1 Å². The summed E-state index contributed by atoms with van der Waals surface area (Å²) in [4.78, 5) is 5.12. The fourth-order valence-electron chi connectivity index (χ4n) is 4.34. The van der Waals surface area contributed by atoms with Gasteiger partial charge in [-0.3, -0.25) is 4.90 Å². The topological polar surface area (TPSA) is 27.7 Å². The number of hydrogen-bond donors (Lipinski definition) is 1. The summed E-state index contributed by atoms with van der Waals surface area (Å²) in [6.07, 6.45) is 5.62. The van der Waals surface area contributed by atoms with Gasteiger partial charge in [0.15, 0.2) is 0 Å². The zero-order valence-electron chi connectivity index (χ0n) is 13.4. The van der Waals surface area contributed by atoms with E-state index in [1.807, 2.05) is 0 Å². The van der Waals surface area contributed by atoms with E-state index in [-0.39, 0.29) is 0 Å². The molecule has 0 amide bonds. The molecule has 0 aromatic heterocycles. The molecule has 4 atom stereocenters. The summed E-state index contributed by atoms with van der Waals surface area (Å²) in [7, 11) is 4.41. The minimum Gasteiger partial charge on any atom is -0.375 e. The summed E-state index contributed by atoms with van der Waals surface area (Å²) >= 11 is 0. The summed E-state index contributed by atoms with van der Waals surface area (Å²) in [6.45, 7) is 8.12.